The van der Waals surface area contributed by atoms with Gasteiger partial charge in [-0.1, -0.05) is 70.4 Å². The van der Waals surface area contributed by atoms with Crippen molar-refractivity contribution >= 4 is 16.0 Å². The van der Waals surface area contributed by atoms with Crippen molar-refractivity contribution in [3.63, 3.8) is 0 Å². The summed E-state index contributed by atoms with van der Waals surface area (Å²) in [5.41, 5.74) is 0. The molecule has 0 aliphatic heterocycles. The molecule has 0 rings (SSSR count). The minimum atomic E-state index is -4.43. The maximum absolute atomic E-state index is 12.0. The Labute approximate surface area is 209 Å². The quantitative estimate of drug-likeness (QED) is 0.0921. The fraction of sp³-hybridized carbons (Fsp3) is 0.885. The Morgan fingerprint density at radius 1 is 0.912 bits per heavy atom. The lowest BCUT2D eigenvalue weighted by atomic mass is 10.1. The van der Waals surface area contributed by atoms with Crippen LogP contribution in [0.4, 0.5) is 0 Å². The molecular weight excluding hydrogens is 452 g/mol. The van der Waals surface area contributed by atoms with Crippen LogP contribution < -0.4 is 5.32 Å². The first-order chi connectivity index (χ1) is 16.1. The van der Waals surface area contributed by atoms with E-state index in [0.29, 0.717) is 24.0 Å². The van der Waals surface area contributed by atoms with E-state index in [0.717, 1.165) is 25.7 Å². The van der Waals surface area contributed by atoms with E-state index in [9.17, 15) is 22.9 Å². The number of aliphatic hydroxyl groups excluding tert-OH is 1. The van der Waals surface area contributed by atoms with E-state index < -0.39 is 22.0 Å². The number of quaternary nitrogens is 1. The van der Waals surface area contributed by atoms with Crippen LogP contribution in [0, 0.1) is 0 Å². The summed E-state index contributed by atoms with van der Waals surface area (Å²) in [5, 5.41) is 12.7. The number of rotatable bonds is 23. The molecule has 1 unspecified atom stereocenters. The molecule has 1 amide bonds. The second-order valence-corrected chi connectivity index (χ2v) is 11.7. The lowest BCUT2D eigenvalue weighted by Gasteiger charge is -2.32. The summed E-state index contributed by atoms with van der Waals surface area (Å²) >= 11 is 0. The van der Waals surface area contributed by atoms with E-state index in [4.69, 9.17) is 0 Å². The number of carbonyl (C=O) groups excluding carboxylic acids is 1. The third-order valence-corrected chi connectivity index (χ3v) is 6.82. The van der Waals surface area contributed by atoms with Crippen molar-refractivity contribution in [2.45, 2.75) is 109 Å². The zero-order chi connectivity index (χ0) is 25.7. The summed E-state index contributed by atoms with van der Waals surface area (Å²) in [6.07, 6.45) is 20.9. The van der Waals surface area contributed by atoms with Gasteiger partial charge < -0.3 is 19.5 Å². The molecular formula is C26H52N2O5S. The average molecular weight is 505 g/mol. The first kappa shape index (κ1) is 33.0. The molecule has 7 nitrogen and oxygen atoms in total. The number of amides is 1. The number of hydrogen-bond donors (Lipinski definition) is 2. The summed E-state index contributed by atoms with van der Waals surface area (Å²) < 4.78 is 32.6. The van der Waals surface area contributed by atoms with Gasteiger partial charge in [0.1, 0.15) is 12.6 Å². The van der Waals surface area contributed by atoms with Crippen molar-refractivity contribution in [3.05, 3.63) is 12.2 Å². The molecule has 1 atom stereocenters. The normalized spacial score (nSPS) is 13.4. The number of unbranched alkanes of at least 4 members (excludes halogenated alkanes) is 11. The Balaban J connectivity index is 3.57. The SMILES string of the molecule is CCCCCCCC/C=C\CCCCCCCC(=O)NCCC[N+](C)(C)CC(O)CS(=O)(=O)[O-]. The van der Waals surface area contributed by atoms with Crippen molar-refractivity contribution in [2.24, 2.45) is 0 Å². The molecule has 0 fully saturated rings. The van der Waals surface area contributed by atoms with E-state index in [1.54, 1.807) is 0 Å². The second kappa shape index (κ2) is 20.3. The Bertz CT molecular complexity index is 635. The highest BCUT2D eigenvalue weighted by Gasteiger charge is 2.21. The molecule has 0 aliphatic rings. The van der Waals surface area contributed by atoms with E-state index in [1.165, 1.54) is 64.2 Å². The number of carbonyl (C=O) groups is 1. The topological polar surface area (TPSA) is 107 Å². The summed E-state index contributed by atoms with van der Waals surface area (Å²) in [4.78, 5) is 12.0. The van der Waals surface area contributed by atoms with Gasteiger partial charge in [0.05, 0.1) is 36.5 Å². The first-order valence-electron chi connectivity index (χ1n) is 13.4. The first-order valence-corrected chi connectivity index (χ1v) is 15.0. The second-order valence-electron chi connectivity index (χ2n) is 10.3. The van der Waals surface area contributed by atoms with Crippen LogP contribution in [0.1, 0.15) is 103 Å². The van der Waals surface area contributed by atoms with Crippen molar-refractivity contribution < 1.29 is 27.4 Å². The monoisotopic (exact) mass is 504 g/mol. The smallest absolute Gasteiger partial charge is 0.219 e. The fourth-order valence-corrected chi connectivity index (χ4v) is 4.71. The predicted molar refractivity (Wildman–Crippen MR) is 139 cm³/mol. The molecule has 0 aromatic rings. The van der Waals surface area contributed by atoms with E-state index in [-0.39, 0.29) is 12.5 Å². The van der Waals surface area contributed by atoms with Crippen LogP contribution in [0.25, 0.3) is 0 Å². The molecule has 0 bridgehead atoms. The molecule has 8 heteroatoms. The number of hydrogen-bond acceptors (Lipinski definition) is 5. The van der Waals surface area contributed by atoms with Gasteiger partial charge in [-0.05, 0) is 32.1 Å². The van der Waals surface area contributed by atoms with Crippen molar-refractivity contribution in [1.29, 1.82) is 0 Å². The van der Waals surface area contributed by atoms with Crippen LogP contribution in [0.5, 0.6) is 0 Å². The Kier molecular flexibility index (Phi) is 19.7. The molecule has 2 N–H and O–H groups in total. The lowest BCUT2D eigenvalue weighted by Crippen LogP contribution is -2.48. The molecule has 0 heterocycles. The lowest BCUT2D eigenvalue weighted by molar-refractivity contribution is -0.893. The van der Waals surface area contributed by atoms with Gasteiger partial charge >= 0.3 is 0 Å². The van der Waals surface area contributed by atoms with Crippen LogP contribution >= 0.6 is 0 Å². The molecule has 0 aromatic carbocycles. The van der Waals surface area contributed by atoms with Crippen LogP contribution in [-0.2, 0) is 14.9 Å². The van der Waals surface area contributed by atoms with Gasteiger partial charge in [-0.3, -0.25) is 4.79 Å². The van der Waals surface area contributed by atoms with Crippen molar-refractivity contribution in [3.8, 4) is 0 Å². The molecule has 0 aliphatic carbocycles. The molecule has 0 saturated heterocycles. The summed E-state index contributed by atoms with van der Waals surface area (Å²) in [5.74, 6) is -0.693. The zero-order valence-electron chi connectivity index (χ0n) is 22.1. The van der Waals surface area contributed by atoms with Gasteiger partial charge in [0.15, 0.2) is 0 Å². The van der Waals surface area contributed by atoms with Gasteiger partial charge in [-0.15, -0.1) is 0 Å². The standard InChI is InChI=1S/C26H52N2O5S/c1-4-5-6-7-8-9-10-11-12-13-14-15-16-17-18-20-26(30)27-21-19-22-28(2,3)23-25(29)24-34(31,32)33/h11-12,25,29H,4-10,13-24H2,1-3H3,(H-,27,30,31,32,33)/b12-11-. The number of allylic oxidation sites excluding steroid dienone is 2. The molecule has 0 spiro atoms. The van der Waals surface area contributed by atoms with Gasteiger partial charge in [-0.25, -0.2) is 8.42 Å². The van der Waals surface area contributed by atoms with Gasteiger partial charge in [0.2, 0.25) is 5.91 Å². The summed E-state index contributed by atoms with van der Waals surface area (Å²) in [7, 11) is -0.690. The minimum absolute atomic E-state index is 0.0698. The summed E-state index contributed by atoms with van der Waals surface area (Å²) in [6.45, 7) is 3.66. The Morgan fingerprint density at radius 2 is 1.44 bits per heavy atom. The minimum Gasteiger partial charge on any atom is -0.748 e. The molecule has 0 saturated carbocycles. The third-order valence-electron chi connectivity index (χ3n) is 6.03. The molecule has 0 aromatic heterocycles. The highest BCUT2D eigenvalue weighted by molar-refractivity contribution is 7.85. The van der Waals surface area contributed by atoms with E-state index in [1.807, 2.05) is 14.1 Å². The van der Waals surface area contributed by atoms with Crippen LogP contribution in [-0.4, -0.2) is 74.1 Å². The van der Waals surface area contributed by atoms with Crippen molar-refractivity contribution in [2.75, 3.05) is 39.5 Å². The van der Waals surface area contributed by atoms with Crippen LogP contribution in [0.2, 0.25) is 0 Å². The maximum atomic E-state index is 12.0. The maximum Gasteiger partial charge on any atom is 0.219 e. The van der Waals surface area contributed by atoms with Gasteiger partial charge in [-0.2, -0.15) is 0 Å². The Hall–Kier alpha value is -0.960. The highest BCUT2D eigenvalue weighted by Crippen LogP contribution is 2.10. The summed E-state index contributed by atoms with van der Waals surface area (Å²) in [6, 6.07) is 0. The predicted octanol–water partition coefficient (Wildman–Crippen LogP) is 4.51. The van der Waals surface area contributed by atoms with Gasteiger partial charge in [0, 0.05) is 19.4 Å². The average Bonchev–Trinajstić information content (AvgIpc) is 2.72. The van der Waals surface area contributed by atoms with E-state index >= 15 is 0 Å². The molecule has 34 heavy (non-hydrogen) atoms. The number of nitrogens with one attached hydrogen (secondary N) is 1. The fourth-order valence-electron chi connectivity index (χ4n) is 4.13. The Morgan fingerprint density at radius 3 is 2.00 bits per heavy atom. The molecule has 202 valence electrons. The van der Waals surface area contributed by atoms with Gasteiger partial charge in [0.25, 0.3) is 0 Å². The number of likely N-dealkylation sites (N-methyl/N-ethyl adjacent to an activating group) is 1. The zero-order valence-corrected chi connectivity index (χ0v) is 22.9. The highest BCUT2D eigenvalue weighted by atomic mass is 32.2. The third kappa shape index (κ3) is 24.2. The number of nitrogens with zero attached hydrogens (tertiary/aromatic N) is 1. The molecule has 0 radical (unpaired) electrons. The largest absolute Gasteiger partial charge is 0.748 e. The van der Waals surface area contributed by atoms with Crippen LogP contribution in [0.15, 0.2) is 12.2 Å². The van der Waals surface area contributed by atoms with Crippen molar-refractivity contribution in [1.82, 2.24) is 5.32 Å². The van der Waals surface area contributed by atoms with Crippen LogP contribution in [0.3, 0.4) is 0 Å². The van der Waals surface area contributed by atoms with E-state index in [2.05, 4.69) is 24.4 Å². The number of aliphatic hydroxyl groups is 1.